The number of thioether (sulfide) groups is 1. The lowest BCUT2D eigenvalue weighted by atomic mass is 9.87. The average molecular weight is 349 g/mol. The van der Waals surface area contributed by atoms with E-state index in [1.807, 2.05) is 12.1 Å². The number of rotatable bonds is 4. The molecule has 0 aliphatic carbocycles. The highest BCUT2D eigenvalue weighted by Gasteiger charge is 2.32. The van der Waals surface area contributed by atoms with Gasteiger partial charge in [-0.25, -0.2) is 0 Å². The van der Waals surface area contributed by atoms with Gasteiger partial charge in [-0.15, -0.1) is 0 Å². The number of carboxylic acid groups (broad SMARTS) is 1. The quantitative estimate of drug-likeness (QED) is 0.664. The first kappa shape index (κ1) is 17.7. The minimum atomic E-state index is -0.944. The molecule has 1 aromatic rings. The normalized spacial score (nSPS) is 17.2. The zero-order valence-electron chi connectivity index (χ0n) is 13.3. The summed E-state index contributed by atoms with van der Waals surface area (Å²) in [6.45, 7) is 6.56. The van der Waals surface area contributed by atoms with Crippen molar-refractivity contribution in [3.63, 3.8) is 0 Å². The van der Waals surface area contributed by atoms with E-state index < -0.39 is 5.97 Å². The molecule has 23 heavy (non-hydrogen) atoms. The summed E-state index contributed by atoms with van der Waals surface area (Å²) in [4.78, 5) is 24.8. The Morgan fingerprint density at radius 3 is 2.43 bits per heavy atom. The van der Waals surface area contributed by atoms with Gasteiger partial charge in [0.2, 0.25) is 0 Å². The molecule has 0 bridgehead atoms. The molecule has 1 N–H and O–H groups in total. The summed E-state index contributed by atoms with van der Waals surface area (Å²) in [5.41, 5.74) is 2.24. The van der Waals surface area contributed by atoms with Crippen LogP contribution >= 0.6 is 24.0 Å². The van der Waals surface area contributed by atoms with Crippen molar-refractivity contribution >= 4 is 46.3 Å². The minimum absolute atomic E-state index is 0.0821. The van der Waals surface area contributed by atoms with Gasteiger partial charge in [-0.3, -0.25) is 14.5 Å². The van der Waals surface area contributed by atoms with Crippen LogP contribution in [-0.2, 0) is 15.0 Å². The molecule has 6 heteroatoms. The molecule has 1 heterocycles. The van der Waals surface area contributed by atoms with Crippen LogP contribution in [0.1, 0.15) is 38.3 Å². The molecule has 0 unspecified atom stereocenters. The first-order chi connectivity index (χ1) is 10.7. The standard InChI is InChI=1S/C17H19NO3S2/c1-17(2,3)12-6-4-11(5-7-12)10-13-15(21)18(16(22)23-13)9-8-14(19)20/h4-7,10H,8-9H2,1-3H3,(H,19,20)/b13-10-. The van der Waals surface area contributed by atoms with Gasteiger partial charge in [0, 0.05) is 6.54 Å². The number of hydrogen-bond donors (Lipinski definition) is 1. The molecule has 1 saturated heterocycles. The second-order valence-corrected chi connectivity index (χ2v) is 8.02. The minimum Gasteiger partial charge on any atom is -0.481 e. The molecule has 0 atom stereocenters. The van der Waals surface area contributed by atoms with Crippen LogP contribution in [0.5, 0.6) is 0 Å². The Morgan fingerprint density at radius 1 is 1.30 bits per heavy atom. The van der Waals surface area contributed by atoms with E-state index in [9.17, 15) is 9.59 Å². The highest BCUT2D eigenvalue weighted by molar-refractivity contribution is 8.26. The van der Waals surface area contributed by atoms with Gasteiger partial charge in [0.15, 0.2) is 0 Å². The van der Waals surface area contributed by atoms with Crippen LogP contribution in [0.25, 0.3) is 6.08 Å². The van der Waals surface area contributed by atoms with Crippen molar-refractivity contribution in [3.05, 3.63) is 40.3 Å². The van der Waals surface area contributed by atoms with Gasteiger partial charge in [-0.05, 0) is 22.6 Å². The molecule has 1 aliphatic rings. The Kier molecular flexibility index (Phi) is 5.26. The summed E-state index contributed by atoms with van der Waals surface area (Å²) in [5.74, 6) is -1.16. The van der Waals surface area contributed by atoms with Crippen LogP contribution in [0.3, 0.4) is 0 Å². The Morgan fingerprint density at radius 2 is 1.91 bits per heavy atom. The third-order valence-electron chi connectivity index (χ3n) is 3.50. The van der Waals surface area contributed by atoms with E-state index in [0.717, 1.165) is 5.56 Å². The number of aliphatic carboxylic acids is 1. The van der Waals surface area contributed by atoms with E-state index in [2.05, 4.69) is 32.9 Å². The maximum atomic E-state index is 12.3. The predicted octanol–water partition coefficient (Wildman–Crippen LogP) is 3.66. The van der Waals surface area contributed by atoms with Gasteiger partial charge < -0.3 is 5.11 Å². The molecular formula is C17H19NO3S2. The molecular weight excluding hydrogens is 330 g/mol. The Balaban J connectivity index is 2.15. The van der Waals surface area contributed by atoms with Gasteiger partial charge in [-0.1, -0.05) is 69.0 Å². The first-order valence-electron chi connectivity index (χ1n) is 7.26. The van der Waals surface area contributed by atoms with Crippen LogP contribution in [0.2, 0.25) is 0 Å². The first-order valence-corrected chi connectivity index (χ1v) is 8.48. The smallest absolute Gasteiger partial charge is 0.305 e. The summed E-state index contributed by atoms with van der Waals surface area (Å²) in [6, 6.07) is 8.06. The van der Waals surface area contributed by atoms with Gasteiger partial charge in [-0.2, -0.15) is 0 Å². The SMILES string of the molecule is CC(C)(C)c1ccc(/C=C2\SC(=S)N(CCC(=O)O)C2=O)cc1. The summed E-state index contributed by atoms with van der Waals surface area (Å²) in [6.07, 6.45) is 1.69. The van der Waals surface area contributed by atoms with Crippen molar-refractivity contribution in [2.75, 3.05) is 6.54 Å². The molecule has 1 aliphatic heterocycles. The number of carboxylic acids is 1. The summed E-state index contributed by atoms with van der Waals surface area (Å²) < 4.78 is 0.411. The topological polar surface area (TPSA) is 57.6 Å². The molecule has 4 nitrogen and oxygen atoms in total. The van der Waals surface area contributed by atoms with E-state index in [4.69, 9.17) is 17.3 Å². The fourth-order valence-electron chi connectivity index (χ4n) is 2.13. The average Bonchev–Trinajstić information content (AvgIpc) is 2.71. The zero-order chi connectivity index (χ0) is 17.2. The van der Waals surface area contributed by atoms with Gasteiger partial charge >= 0.3 is 5.97 Å². The van der Waals surface area contributed by atoms with Gasteiger partial charge in [0.1, 0.15) is 4.32 Å². The molecule has 122 valence electrons. The molecule has 0 radical (unpaired) electrons. The monoisotopic (exact) mass is 349 g/mol. The molecule has 1 aromatic carbocycles. The summed E-state index contributed by atoms with van der Waals surface area (Å²) in [5, 5.41) is 8.74. The molecule has 0 saturated carbocycles. The molecule has 1 amide bonds. The fourth-order valence-corrected chi connectivity index (χ4v) is 3.44. The molecule has 0 aromatic heterocycles. The lowest BCUT2D eigenvalue weighted by molar-refractivity contribution is -0.137. The van der Waals surface area contributed by atoms with E-state index in [1.165, 1.54) is 22.2 Å². The lowest BCUT2D eigenvalue weighted by Gasteiger charge is -2.18. The van der Waals surface area contributed by atoms with Crippen molar-refractivity contribution in [1.29, 1.82) is 0 Å². The van der Waals surface area contributed by atoms with Crippen molar-refractivity contribution in [1.82, 2.24) is 4.90 Å². The number of thiocarbonyl (C=S) groups is 1. The Bertz CT molecular complexity index is 672. The van der Waals surface area contributed by atoms with Gasteiger partial charge in [0.25, 0.3) is 5.91 Å². The Hall–Kier alpha value is -1.66. The van der Waals surface area contributed by atoms with Gasteiger partial charge in [0.05, 0.1) is 11.3 Å². The van der Waals surface area contributed by atoms with Crippen molar-refractivity contribution in [2.45, 2.75) is 32.6 Å². The zero-order valence-corrected chi connectivity index (χ0v) is 15.0. The summed E-state index contributed by atoms with van der Waals surface area (Å²) >= 11 is 6.38. The van der Waals surface area contributed by atoms with Crippen molar-refractivity contribution in [2.24, 2.45) is 0 Å². The van der Waals surface area contributed by atoms with Crippen molar-refractivity contribution < 1.29 is 14.7 Å². The van der Waals surface area contributed by atoms with Crippen LogP contribution < -0.4 is 0 Å². The number of benzene rings is 1. The Labute approximate surface area is 145 Å². The molecule has 2 rings (SSSR count). The van der Waals surface area contributed by atoms with E-state index >= 15 is 0 Å². The number of amides is 1. The summed E-state index contributed by atoms with van der Waals surface area (Å²) in [7, 11) is 0. The molecule has 1 fully saturated rings. The van der Waals surface area contributed by atoms with E-state index in [0.29, 0.717) is 9.23 Å². The van der Waals surface area contributed by atoms with Crippen molar-refractivity contribution in [3.8, 4) is 0 Å². The fraction of sp³-hybridized carbons (Fsp3) is 0.353. The lowest BCUT2D eigenvalue weighted by Crippen LogP contribution is -2.30. The predicted molar refractivity (Wildman–Crippen MR) is 97.3 cm³/mol. The highest BCUT2D eigenvalue weighted by atomic mass is 32.2. The van der Waals surface area contributed by atoms with Crippen LogP contribution in [0.4, 0.5) is 0 Å². The third-order valence-corrected chi connectivity index (χ3v) is 4.88. The second-order valence-electron chi connectivity index (χ2n) is 6.35. The van der Waals surface area contributed by atoms with Crippen LogP contribution in [0, 0.1) is 0 Å². The van der Waals surface area contributed by atoms with Crippen LogP contribution in [0.15, 0.2) is 29.2 Å². The number of nitrogens with zero attached hydrogens (tertiary/aromatic N) is 1. The van der Waals surface area contributed by atoms with E-state index in [1.54, 1.807) is 6.08 Å². The maximum absolute atomic E-state index is 12.3. The second kappa shape index (κ2) is 6.84. The molecule has 0 spiro atoms. The van der Waals surface area contributed by atoms with Crippen LogP contribution in [-0.4, -0.2) is 32.7 Å². The number of carbonyl (C=O) groups is 2. The maximum Gasteiger partial charge on any atom is 0.305 e. The third kappa shape index (κ3) is 4.42. The number of hydrogen-bond acceptors (Lipinski definition) is 4. The number of carbonyl (C=O) groups excluding carboxylic acids is 1. The largest absolute Gasteiger partial charge is 0.481 e. The van der Waals surface area contributed by atoms with E-state index in [-0.39, 0.29) is 24.3 Å². The highest BCUT2D eigenvalue weighted by Crippen LogP contribution is 2.33.